The summed E-state index contributed by atoms with van der Waals surface area (Å²) < 4.78 is 0. The number of nitrogens with zero attached hydrogens (tertiary/aromatic N) is 3. The number of nitrogen functional groups attached to an aromatic ring is 1. The molecule has 1 aromatic rings. The summed E-state index contributed by atoms with van der Waals surface area (Å²) in [6.07, 6.45) is 3.49. The van der Waals surface area contributed by atoms with E-state index >= 15 is 0 Å². The molecule has 1 aromatic heterocycles. The molecule has 3 N–H and O–H groups in total. The summed E-state index contributed by atoms with van der Waals surface area (Å²) >= 11 is 0. The minimum atomic E-state index is -0.225. The Morgan fingerprint density at radius 1 is 1.40 bits per heavy atom. The Morgan fingerprint density at radius 2 is 2.10 bits per heavy atom. The summed E-state index contributed by atoms with van der Waals surface area (Å²) in [6, 6.07) is 0. The molecule has 112 valence electrons. The first kappa shape index (κ1) is 16.4. The lowest BCUT2D eigenvalue weighted by Gasteiger charge is -2.11. The maximum absolute atomic E-state index is 12.0. The Kier molecular flexibility index (Phi) is 6.38. The summed E-state index contributed by atoms with van der Waals surface area (Å²) in [5.74, 6) is 0.579. The van der Waals surface area contributed by atoms with E-state index in [2.05, 4.69) is 20.2 Å². The maximum Gasteiger partial charge on any atom is 0.272 e. The highest BCUT2D eigenvalue weighted by Crippen LogP contribution is 2.13. The Bertz CT molecular complexity index is 445. The van der Waals surface area contributed by atoms with Gasteiger partial charge in [-0.3, -0.25) is 4.79 Å². The van der Waals surface area contributed by atoms with Gasteiger partial charge in [-0.05, 0) is 33.5 Å². The number of nitrogens with two attached hydrogens (primary N) is 1. The van der Waals surface area contributed by atoms with E-state index in [4.69, 9.17) is 5.73 Å². The number of nitrogens with one attached hydrogen (secondary N) is 1. The number of carbonyl (C=O) groups excluding carboxylic acids is 1. The lowest BCUT2D eigenvalue weighted by molar-refractivity contribution is 0.0948. The molecule has 1 amide bonds. The van der Waals surface area contributed by atoms with Crippen LogP contribution >= 0.6 is 0 Å². The number of carbonyl (C=O) groups is 1. The minimum Gasteiger partial charge on any atom is -0.396 e. The monoisotopic (exact) mass is 279 g/mol. The first-order valence-corrected chi connectivity index (χ1v) is 6.97. The van der Waals surface area contributed by atoms with Gasteiger partial charge in [0.1, 0.15) is 5.82 Å². The average molecular weight is 279 g/mol. The highest BCUT2D eigenvalue weighted by atomic mass is 16.1. The van der Waals surface area contributed by atoms with Crippen molar-refractivity contribution in [2.45, 2.75) is 32.6 Å². The van der Waals surface area contributed by atoms with Crippen molar-refractivity contribution in [3.8, 4) is 0 Å². The van der Waals surface area contributed by atoms with Crippen LogP contribution in [0.3, 0.4) is 0 Å². The van der Waals surface area contributed by atoms with Gasteiger partial charge in [-0.15, -0.1) is 0 Å². The van der Waals surface area contributed by atoms with Crippen molar-refractivity contribution < 1.29 is 4.79 Å². The van der Waals surface area contributed by atoms with Crippen molar-refractivity contribution in [2.24, 2.45) is 0 Å². The highest BCUT2D eigenvalue weighted by Gasteiger charge is 2.14. The van der Waals surface area contributed by atoms with Gasteiger partial charge in [0, 0.05) is 12.5 Å². The van der Waals surface area contributed by atoms with E-state index in [0.717, 1.165) is 19.4 Å². The third-order valence-electron chi connectivity index (χ3n) is 2.88. The van der Waals surface area contributed by atoms with Crippen molar-refractivity contribution in [1.82, 2.24) is 20.2 Å². The fourth-order valence-electron chi connectivity index (χ4n) is 1.70. The molecule has 0 saturated heterocycles. The molecular formula is C14H25N5O. The van der Waals surface area contributed by atoms with Crippen LogP contribution in [0.1, 0.15) is 48.9 Å². The van der Waals surface area contributed by atoms with Gasteiger partial charge in [-0.25, -0.2) is 9.97 Å². The molecule has 0 radical (unpaired) electrons. The van der Waals surface area contributed by atoms with Crippen LogP contribution in [-0.4, -0.2) is 48.0 Å². The van der Waals surface area contributed by atoms with Gasteiger partial charge in [0.05, 0.1) is 11.9 Å². The van der Waals surface area contributed by atoms with E-state index in [9.17, 15) is 4.79 Å². The molecule has 20 heavy (non-hydrogen) atoms. The molecule has 1 rings (SSSR count). The van der Waals surface area contributed by atoms with Gasteiger partial charge in [-0.2, -0.15) is 0 Å². The fourth-order valence-corrected chi connectivity index (χ4v) is 1.70. The Labute approximate surface area is 120 Å². The van der Waals surface area contributed by atoms with Crippen LogP contribution in [0.2, 0.25) is 0 Å². The van der Waals surface area contributed by atoms with Gasteiger partial charge in [-0.1, -0.05) is 13.8 Å². The Hall–Kier alpha value is -1.69. The van der Waals surface area contributed by atoms with Crippen LogP contribution in [0.15, 0.2) is 6.20 Å². The van der Waals surface area contributed by atoms with E-state index in [1.165, 1.54) is 6.20 Å². The first-order valence-electron chi connectivity index (χ1n) is 6.97. The molecule has 0 saturated carbocycles. The molecule has 0 atom stereocenters. The topological polar surface area (TPSA) is 84.1 Å². The maximum atomic E-state index is 12.0. The largest absolute Gasteiger partial charge is 0.396 e. The summed E-state index contributed by atoms with van der Waals surface area (Å²) in [5.41, 5.74) is 6.36. The van der Waals surface area contributed by atoms with E-state index in [0.29, 0.717) is 18.1 Å². The second-order valence-electron chi connectivity index (χ2n) is 5.45. The number of hydrogen-bond acceptors (Lipinski definition) is 5. The van der Waals surface area contributed by atoms with Gasteiger partial charge in [0.15, 0.2) is 5.69 Å². The van der Waals surface area contributed by atoms with Gasteiger partial charge in [0.2, 0.25) is 0 Å². The second-order valence-corrected chi connectivity index (χ2v) is 5.45. The van der Waals surface area contributed by atoms with Gasteiger partial charge in [0.25, 0.3) is 5.91 Å². The van der Waals surface area contributed by atoms with E-state index in [-0.39, 0.29) is 17.5 Å². The molecule has 6 heteroatoms. The normalized spacial score (nSPS) is 11.1. The van der Waals surface area contributed by atoms with Crippen LogP contribution in [0, 0.1) is 0 Å². The standard InChI is InChI=1S/C14H25N5O/c1-10(2)13-17-9-11(15)12(18-13)14(20)16-7-5-6-8-19(3)4/h9-10H,5-8,15H2,1-4H3,(H,16,20). The highest BCUT2D eigenvalue weighted by molar-refractivity contribution is 5.96. The predicted molar refractivity (Wildman–Crippen MR) is 80.7 cm³/mol. The lowest BCUT2D eigenvalue weighted by atomic mass is 10.2. The first-order chi connectivity index (χ1) is 9.41. The van der Waals surface area contributed by atoms with Crippen molar-refractivity contribution in [2.75, 3.05) is 32.9 Å². The van der Waals surface area contributed by atoms with Crippen LogP contribution < -0.4 is 11.1 Å². The number of anilines is 1. The molecule has 0 bridgehead atoms. The SMILES string of the molecule is CC(C)c1ncc(N)c(C(=O)NCCCCN(C)C)n1. The number of aromatic nitrogens is 2. The van der Waals surface area contributed by atoms with E-state index in [1.54, 1.807) is 0 Å². The summed E-state index contributed by atoms with van der Waals surface area (Å²) in [5, 5.41) is 2.85. The van der Waals surface area contributed by atoms with Gasteiger partial charge < -0.3 is 16.0 Å². The van der Waals surface area contributed by atoms with E-state index < -0.39 is 0 Å². The quantitative estimate of drug-likeness (QED) is 0.734. The zero-order chi connectivity index (χ0) is 15.1. The van der Waals surface area contributed by atoms with Crippen LogP contribution in [0.25, 0.3) is 0 Å². The number of amides is 1. The summed E-state index contributed by atoms with van der Waals surface area (Å²) in [6.45, 7) is 5.61. The third kappa shape index (κ3) is 5.13. The van der Waals surface area contributed by atoms with Crippen molar-refractivity contribution in [1.29, 1.82) is 0 Å². The third-order valence-corrected chi connectivity index (χ3v) is 2.88. The van der Waals surface area contributed by atoms with Crippen molar-refractivity contribution >= 4 is 11.6 Å². The fraction of sp³-hybridized carbons (Fsp3) is 0.643. The Balaban J connectivity index is 2.52. The molecule has 1 heterocycles. The van der Waals surface area contributed by atoms with Crippen molar-refractivity contribution in [3.63, 3.8) is 0 Å². The van der Waals surface area contributed by atoms with E-state index in [1.807, 2.05) is 27.9 Å². The van der Waals surface area contributed by atoms with Crippen LogP contribution in [-0.2, 0) is 0 Å². The molecule has 0 fully saturated rings. The molecule has 0 aliphatic carbocycles. The number of unbranched alkanes of at least 4 members (excludes halogenated alkanes) is 1. The van der Waals surface area contributed by atoms with Gasteiger partial charge >= 0.3 is 0 Å². The zero-order valence-electron chi connectivity index (χ0n) is 12.8. The molecule has 0 aliphatic rings. The van der Waals surface area contributed by atoms with Crippen LogP contribution in [0.4, 0.5) is 5.69 Å². The molecular weight excluding hydrogens is 254 g/mol. The molecule has 0 aliphatic heterocycles. The average Bonchev–Trinajstić information content (AvgIpc) is 2.37. The number of hydrogen-bond donors (Lipinski definition) is 2. The van der Waals surface area contributed by atoms with Crippen molar-refractivity contribution in [3.05, 3.63) is 17.7 Å². The smallest absolute Gasteiger partial charge is 0.272 e. The lowest BCUT2D eigenvalue weighted by Crippen LogP contribution is -2.27. The summed E-state index contributed by atoms with van der Waals surface area (Å²) in [7, 11) is 4.07. The molecule has 0 unspecified atom stereocenters. The molecule has 0 spiro atoms. The molecule has 0 aromatic carbocycles. The number of rotatable bonds is 7. The predicted octanol–water partition coefficient (Wildman–Crippen LogP) is 1.25. The molecule has 6 nitrogen and oxygen atoms in total. The summed E-state index contributed by atoms with van der Waals surface area (Å²) in [4.78, 5) is 22.5. The second kappa shape index (κ2) is 7.79. The Morgan fingerprint density at radius 3 is 2.70 bits per heavy atom. The zero-order valence-corrected chi connectivity index (χ0v) is 12.8. The minimum absolute atomic E-state index is 0.169. The van der Waals surface area contributed by atoms with Crippen LogP contribution in [0.5, 0.6) is 0 Å².